The summed E-state index contributed by atoms with van der Waals surface area (Å²) in [5.74, 6) is 0. The highest BCUT2D eigenvalue weighted by Gasteiger charge is 2.06. The first kappa shape index (κ1) is 9.12. The molecule has 0 saturated heterocycles. The van der Waals surface area contributed by atoms with Crippen LogP contribution in [0.3, 0.4) is 0 Å². The highest BCUT2D eigenvalue weighted by molar-refractivity contribution is 8.00. The number of nitrogens with zero attached hydrogens (tertiary/aromatic N) is 4. The van der Waals surface area contributed by atoms with Gasteiger partial charge in [0.05, 0.1) is 5.56 Å². The lowest BCUT2D eigenvalue weighted by Crippen LogP contribution is -1.84. The van der Waals surface area contributed by atoms with Crippen molar-refractivity contribution in [3.8, 4) is 6.07 Å². The molecule has 0 saturated carbocycles. The molecule has 0 N–H and O–H groups in total. The molecule has 0 radical (unpaired) electrons. The van der Waals surface area contributed by atoms with Crippen molar-refractivity contribution in [1.29, 1.82) is 5.26 Å². The van der Waals surface area contributed by atoms with Gasteiger partial charge in [-0.15, -0.1) is 0 Å². The van der Waals surface area contributed by atoms with E-state index in [1.807, 2.05) is 0 Å². The Bertz CT molecular complexity index is 460. The Hall–Kier alpha value is -1.45. The van der Waals surface area contributed by atoms with Crippen molar-refractivity contribution in [2.75, 3.05) is 0 Å². The Morgan fingerprint density at radius 3 is 3.07 bits per heavy atom. The first-order chi connectivity index (χ1) is 6.90. The van der Waals surface area contributed by atoms with Gasteiger partial charge >= 0.3 is 0 Å². The van der Waals surface area contributed by atoms with Crippen molar-refractivity contribution >= 4 is 23.3 Å². The normalized spacial score (nSPS) is 9.64. The van der Waals surface area contributed by atoms with Crippen LogP contribution < -0.4 is 0 Å². The molecule has 6 heteroatoms. The monoisotopic (exact) mass is 220 g/mol. The van der Waals surface area contributed by atoms with E-state index >= 15 is 0 Å². The lowest BCUT2D eigenvalue weighted by atomic mass is 10.3. The van der Waals surface area contributed by atoms with Crippen molar-refractivity contribution in [3.63, 3.8) is 0 Å². The fourth-order valence-electron chi connectivity index (χ4n) is 0.848. The van der Waals surface area contributed by atoms with Crippen LogP contribution in [0.15, 0.2) is 34.0 Å². The summed E-state index contributed by atoms with van der Waals surface area (Å²) in [5, 5.41) is 9.48. The predicted octanol–water partition coefficient (Wildman–Crippen LogP) is 1.96. The topological polar surface area (TPSA) is 62.5 Å². The third-order valence-corrected chi connectivity index (χ3v) is 3.15. The zero-order valence-corrected chi connectivity index (χ0v) is 8.55. The van der Waals surface area contributed by atoms with Gasteiger partial charge in [-0.1, -0.05) is 0 Å². The van der Waals surface area contributed by atoms with Gasteiger partial charge in [-0.3, -0.25) is 0 Å². The molecule has 0 aliphatic heterocycles. The molecule has 0 spiro atoms. The van der Waals surface area contributed by atoms with E-state index in [-0.39, 0.29) is 0 Å². The highest BCUT2D eigenvalue weighted by atomic mass is 32.2. The van der Waals surface area contributed by atoms with E-state index in [0.717, 1.165) is 4.34 Å². The third kappa shape index (κ3) is 1.89. The lowest BCUT2D eigenvalue weighted by Gasteiger charge is -1.97. The minimum Gasteiger partial charge on any atom is -0.248 e. The van der Waals surface area contributed by atoms with E-state index in [9.17, 15) is 0 Å². The van der Waals surface area contributed by atoms with Gasteiger partial charge in [0.15, 0.2) is 4.34 Å². The van der Waals surface area contributed by atoms with Crippen LogP contribution in [0, 0.1) is 11.3 Å². The summed E-state index contributed by atoms with van der Waals surface area (Å²) >= 11 is 2.65. The second-order valence-corrected chi connectivity index (χ2v) is 4.29. The fraction of sp³-hybridized carbons (Fsp3) is 0. The lowest BCUT2D eigenvalue weighted by molar-refractivity contribution is 1.10. The number of aromatic nitrogens is 3. The van der Waals surface area contributed by atoms with Crippen LogP contribution in [-0.2, 0) is 0 Å². The maximum atomic E-state index is 8.81. The van der Waals surface area contributed by atoms with E-state index in [1.54, 1.807) is 18.3 Å². The predicted molar refractivity (Wildman–Crippen MR) is 53.0 cm³/mol. The van der Waals surface area contributed by atoms with E-state index in [0.29, 0.717) is 10.6 Å². The summed E-state index contributed by atoms with van der Waals surface area (Å²) in [4.78, 5) is 8.11. The van der Waals surface area contributed by atoms with Gasteiger partial charge in [0, 0.05) is 6.20 Å². The molecule has 2 rings (SSSR count). The highest BCUT2D eigenvalue weighted by Crippen LogP contribution is 2.28. The van der Waals surface area contributed by atoms with Gasteiger partial charge in [0.2, 0.25) is 0 Å². The number of rotatable bonds is 2. The average Bonchev–Trinajstić information content (AvgIpc) is 2.71. The Labute approximate surface area is 88.8 Å². The Balaban J connectivity index is 2.30. The van der Waals surface area contributed by atoms with Gasteiger partial charge < -0.3 is 0 Å². The van der Waals surface area contributed by atoms with Crippen LogP contribution in [0.1, 0.15) is 5.56 Å². The van der Waals surface area contributed by atoms with E-state index in [2.05, 4.69) is 20.4 Å². The molecule has 0 aliphatic rings. The molecule has 2 aromatic heterocycles. The van der Waals surface area contributed by atoms with Crippen LogP contribution in [0.2, 0.25) is 0 Å². The Morgan fingerprint density at radius 2 is 2.36 bits per heavy atom. The average molecular weight is 220 g/mol. The number of hydrogen-bond donors (Lipinski definition) is 0. The summed E-state index contributed by atoms with van der Waals surface area (Å²) in [6, 6.07) is 5.55. The first-order valence-electron chi connectivity index (χ1n) is 3.70. The largest absolute Gasteiger partial charge is 0.248 e. The molecule has 0 amide bonds. The standard InChI is InChI=1S/C8H4N4S2/c9-4-6-2-1-3-10-7(6)13-8-11-5-12-14-8/h1-3,5H. The van der Waals surface area contributed by atoms with Crippen LogP contribution in [0.25, 0.3) is 0 Å². The maximum Gasteiger partial charge on any atom is 0.176 e. The number of pyridine rings is 1. The molecule has 68 valence electrons. The molecular formula is C8H4N4S2. The third-order valence-electron chi connectivity index (χ3n) is 1.42. The molecule has 0 atom stereocenters. The van der Waals surface area contributed by atoms with E-state index in [4.69, 9.17) is 5.26 Å². The number of nitriles is 1. The fourth-order valence-corrected chi connectivity index (χ4v) is 2.24. The van der Waals surface area contributed by atoms with Crippen molar-refractivity contribution in [2.45, 2.75) is 9.37 Å². The van der Waals surface area contributed by atoms with E-state index in [1.165, 1.54) is 29.6 Å². The summed E-state index contributed by atoms with van der Waals surface area (Å²) < 4.78 is 4.66. The minimum absolute atomic E-state index is 0.563. The van der Waals surface area contributed by atoms with Gasteiger partial charge in [-0.25, -0.2) is 9.97 Å². The van der Waals surface area contributed by atoms with Crippen LogP contribution in [0.4, 0.5) is 0 Å². The smallest absolute Gasteiger partial charge is 0.176 e. The maximum absolute atomic E-state index is 8.81. The molecule has 0 bridgehead atoms. The Morgan fingerprint density at radius 1 is 1.43 bits per heavy atom. The summed E-state index contributed by atoms with van der Waals surface area (Å²) in [6.45, 7) is 0. The van der Waals surface area contributed by atoms with E-state index < -0.39 is 0 Å². The second kappa shape index (κ2) is 4.17. The molecule has 2 aromatic rings. The molecule has 2 heterocycles. The summed E-state index contributed by atoms with van der Waals surface area (Å²) in [6.07, 6.45) is 3.15. The molecule has 0 aliphatic carbocycles. The van der Waals surface area contributed by atoms with Gasteiger partial charge in [-0.2, -0.15) is 9.64 Å². The van der Waals surface area contributed by atoms with Crippen molar-refractivity contribution in [3.05, 3.63) is 30.2 Å². The first-order valence-corrected chi connectivity index (χ1v) is 5.29. The van der Waals surface area contributed by atoms with Crippen molar-refractivity contribution in [1.82, 2.24) is 14.3 Å². The minimum atomic E-state index is 0.563. The van der Waals surface area contributed by atoms with Crippen molar-refractivity contribution in [2.24, 2.45) is 0 Å². The Kier molecular flexibility index (Phi) is 2.72. The SMILES string of the molecule is N#Cc1cccnc1Sc1ncns1. The van der Waals surface area contributed by atoms with Crippen LogP contribution in [-0.4, -0.2) is 14.3 Å². The molecule has 0 fully saturated rings. The van der Waals surface area contributed by atoms with Gasteiger partial charge in [-0.05, 0) is 35.4 Å². The van der Waals surface area contributed by atoms with Crippen molar-refractivity contribution < 1.29 is 0 Å². The van der Waals surface area contributed by atoms with Crippen LogP contribution >= 0.6 is 23.3 Å². The van der Waals surface area contributed by atoms with Crippen LogP contribution in [0.5, 0.6) is 0 Å². The molecule has 4 nitrogen and oxygen atoms in total. The molecular weight excluding hydrogens is 216 g/mol. The zero-order chi connectivity index (χ0) is 9.80. The zero-order valence-electron chi connectivity index (χ0n) is 6.91. The van der Waals surface area contributed by atoms with Gasteiger partial charge in [0.1, 0.15) is 17.4 Å². The summed E-state index contributed by atoms with van der Waals surface area (Å²) in [7, 11) is 0. The molecule has 14 heavy (non-hydrogen) atoms. The molecule has 0 unspecified atom stereocenters. The summed E-state index contributed by atoms with van der Waals surface area (Å²) in [5.41, 5.74) is 0.563. The molecule has 0 aromatic carbocycles. The quantitative estimate of drug-likeness (QED) is 0.774. The second-order valence-electron chi connectivity index (χ2n) is 2.28. The van der Waals surface area contributed by atoms with Gasteiger partial charge in [0.25, 0.3) is 0 Å². The number of hydrogen-bond acceptors (Lipinski definition) is 6.